The summed E-state index contributed by atoms with van der Waals surface area (Å²) < 4.78 is 7.57. The number of aryl methyl sites for hydroxylation is 1. The van der Waals surface area contributed by atoms with E-state index in [0.717, 1.165) is 0 Å². The SMILES string of the molecule is Cc1cnc(Cn2cc(Br)cc2C(=O)O)o1. The average Bonchev–Trinajstić information content (AvgIpc) is 2.74. The Morgan fingerprint density at radius 3 is 3.00 bits per heavy atom. The maximum Gasteiger partial charge on any atom is 0.352 e. The van der Waals surface area contributed by atoms with Gasteiger partial charge in [0.2, 0.25) is 5.89 Å². The van der Waals surface area contributed by atoms with Gasteiger partial charge >= 0.3 is 5.97 Å². The average molecular weight is 285 g/mol. The zero-order valence-corrected chi connectivity index (χ0v) is 10.1. The van der Waals surface area contributed by atoms with Crippen LogP contribution in [0.15, 0.2) is 27.3 Å². The van der Waals surface area contributed by atoms with Crippen LogP contribution in [0.3, 0.4) is 0 Å². The summed E-state index contributed by atoms with van der Waals surface area (Å²) in [6.45, 7) is 2.10. The molecule has 0 atom stereocenters. The summed E-state index contributed by atoms with van der Waals surface area (Å²) in [5.74, 6) is 0.218. The van der Waals surface area contributed by atoms with Crippen LogP contribution < -0.4 is 0 Å². The Bertz CT molecular complexity index is 530. The Labute approximate surface area is 99.8 Å². The lowest BCUT2D eigenvalue weighted by Crippen LogP contribution is -2.08. The molecule has 0 radical (unpaired) electrons. The normalized spacial score (nSPS) is 10.6. The molecule has 16 heavy (non-hydrogen) atoms. The second-order valence-electron chi connectivity index (χ2n) is 3.34. The second-order valence-corrected chi connectivity index (χ2v) is 4.26. The molecular formula is C10H9BrN2O3. The third-order valence-corrected chi connectivity index (χ3v) is 2.49. The van der Waals surface area contributed by atoms with Crippen LogP contribution in [-0.2, 0) is 6.54 Å². The number of nitrogens with zero attached hydrogens (tertiary/aromatic N) is 2. The zero-order valence-electron chi connectivity index (χ0n) is 8.48. The highest BCUT2D eigenvalue weighted by atomic mass is 79.9. The standard InChI is InChI=1S/C10H9BrN2O3/c1-6-3-12-9(16-6)5-13-4-7(11)2-8(13)10(14)15/h2-4H,5H2,1H3,(H,14,15). The van der Waals surface area contributed by atoms with E-state index >= 15 is 0 Å². The Morgan fingerprint density at radius 2 is 2.44 bits per heavy atom. The maximum atomic E-state index is 10.9. The van der Waals surface area contributed by atoms with Gasteiger partial charge in [-0.1, -0.05) is 0 Å². The lowest BCUT2D eigenvalue weighted by atomic mass is 10.4. The van der Waals surface area contributed by atoms with E-state index in [-0.39, 0.29) is 5.69 Å². The molecule has 0 aliphatic carbocycles. The molecule has 0 aliphatic rings. The van der Waals surface area contributed by atoms with Crippen LogP contribution in [0.4, 0.5) is 0 Å². The molecule has 0 aromatic carbocycles. The van der Waals surface area contributed by atoms with E-state index in [2.05, 4.69) is 20.9 Å². The molecule has 0 spiro atoms. The highest BCUT2D eigenvalue weighted by Gasteiger charge is 2.13. The van der Waals surface area contributed by atoms with Gasteiger partial charge in [0.05, 0.1) is 12.7 Å². The van der Waals surface area contributed by atoms with Crippen molar-refractivity contribution < 1.29 is 14.3 Å². The molecule has 0 saturated heterocycles. The Balaban J connectivity index is 2.30. The first kappa shape index (κ1) is 10.9. The van der Waals surface area contributed by atoms with Crippen molar-refractivity contribution in [1.29, 1.82) is 0 Å². The molecule has 5 nitrogen and oxygen atoms in total. The zero-order chi connectivity index (χ0) is 11.7. The van der Waals surface area contributed by atoms with Crippen molar-refractivity contribution in [3.8, 4) is 0 Å². The Morgan fingerprint density at radius 1 is 1.69 bits per heavy atom. The van der Waals surface area contributed by atoms with Crippen LogP contribution >= 0.6 is 15.9 Å². The predicted octanol–water partition coefficient (Wildman–Crippen LogP) is 2.29. The Kier molecular flexibility index (Phi) is 2.82. The number of aromatic nitrogens is 2. The van der Waals surface area contributed by atoms with E-state index in [4.69, 9.17) is 9.52 Å². The molecule has 0 saturated carbocycles. The van der Waals surface area contributed by atoms with Gasteiger partial charge in [-0.3, -0.25) is 0 Å². The fourth-order valence-corrected chi connectivity index (χ4v) is 1.87. The number of hydrogen-bond acceptors (Lipinski definition) is 3. The van der Waals surface area contributed by atoms with Gasteiger partial charge in [-0.15, -0.1) is 0 Å². The van der Waals surface area contributed by atoms with E-state index in [1.54, 1.807) is 23.9 Å². The van der Waals surface area contributed by atoms with Crippen molar-refractivity contribution in [3.63, 3.8) is 0 Å². The largest absolute Gasteiger partial charge is 0.477 e. The van der Waals surface area contributed by atoms with Crippen LogP contribution in [0.1, 0.15) is 22.1 Å². The summed E-state index contributed by atoms with van der Waals surface area (Å²) in [6, 6.07) is 1.54. The summed E-state index contributed by atoms with van der Waals surface area (Å²) in [5, 5.41) is 8.97. The van der Waals surface area contributed by atoms with Crippen molar-refractivity contribution in [2.45, 2.75) is 13.5 Å². The summed E-state index contributed by atoms with van der Waals surface area (Å²) in [7, 11) is 0. The molecule has 2 aromatic heterocycles. The smallest absolute Gasteiger partial charge is 0.352 e. The fourth-order valence-electron chi connectivity index (χ4n) is 1.40. The summed E-state index contributed by atoms with van der Waals surface area (Å²) in [5.41, 5.74) is 0.197. The summed E-state index contributed by atoms with van der Waals surface area (Å²) in [4.78, 5) is 15.0. The van der Waals surface area contributed by atoms with Crippen molar-refractivity contribution in [3.05, 3.63) is 40.3 Å². The number of rotatable bonds is 3. The highest BCUT2D eigenvalue weighted by Crippen LogP contribution is 2.16. The van der Waals surface area contributed by atoms with Crippen LogP contribution in [0.5, 0.6) is 0 Å². The molecule has 1 N–H and O–H groups in total. The Hall–Kier alpha value is -1.56. The van der Waals surface area contributed by atoms with Crippen molar-refractivity contribution in [2.75, 3.05) is 0 Å². The lowest BCUT2D eigenvalue weighted by molar-refractivity contribution is 0.0685. The van der Waals surface area contributed by atoms with Crippen molar-refractivity contribution >= 4 is 21.9 Å². The lowest BCUT2D eigenvalue weighted by Gasteiger charge is -2.01. The summed E-state index contributed by atoms with van der Waals surface area (Å²) in [6.07, 6.45) is 3.29. The van der Waals surface area contributed by atoms with Gasteiger partial charge in [0.1, 0.15) is 11.5 Å². The number of halogens is 1. The van der Waals surface area contributed by atoms with Crippen molar-refractivity contribution in [2.24, 2.45) is 0 Å². The minimum atomic E-state index is -0.978. The van der Waals surface area contributed by atoms with Gasteiger partial charge in [-0.05, 0) is 28.9 Å². The number of carboxylic acid groups (broad SMARTS) is 1. The monoisotopic (exact) mass is 284 g/mol. The van der Waals surface area contributed by atoms with Crippen LogP contribution in [0, 0.1) is 6.92 Å². The molecule has 6 heteroatoms. The van der Waals surface area contributed by atoms with Crippen LogP contribution in [0.25, 0.3) is 0 Å². The minimum Gasteiger partial charge on any atom is -0.477 e. The predicted molar refractivity (Wildman–Crippen MR) is 59.4 cm³/mol. The minimum absolute atomic E-state index is 0.197. The van der Waals surface area contributed by atoms with E-state index in [0.29, 0.717) is 22.7 Å². The van der Waals surface area contributed by atoms with E-state index < -0.39 is 5.97 Å². The van der Waals surface area contributed by atoms with E-state index in [1.807, 2.05) is 0 Å². The van der Waals surface area contributed by atoms with Crippen LogP contribution in [-0.4, -0.2) is 20.6 Å². The number of aromatic carboxylic acids is 1. The first-order chi connectivity index (χ1) is 7.56. The molecule has 0 unspecified atom stereocenters. The molecule has 2 heterocycles. The van der Waals surface area contributed by atoms with Gasteiger partial charge in [-0.2, -0.15) is 0 Å². The van der Waals surface area contributed by atoms with E-state index in [1.165, 1.54) is 6.07 Å². The molecule has 0 fully saturated rings. The highest BCUT2D eigenvalue weighted by molar-refractivity contribution is 9.10. The fraction of sp³-hybridized carbons (Fsp3) is 0.200. The molecule has 84 valence electrons. The molecule has 2 rings (SSSR count). The van der Waals surface area contributed by atoms with E-state index in [9.17, 15) is 4.79 Å². The van der Waals surface area contributed by atoms with Crippen molar-refractivity contribution in [1.82, 2.24) is 9.55 Å². The first-order valence-electron chi connectivity index (χ1n) is 4.56. The van der Waals surface area contributed by atoms with Gasteiger partial charge in [0, 0.05) is 10.7 Å². The number of carbonyl (C=O) groups is 1. The van der Waals surface area contributed by atoms with Gasteiger partial charge < -0.3 is 14.1 Å². The first-order valence-corrected chi connectivity index (χ1v) is 5.36. The number of hydrogen-bond donors (Lipinski definition) is 1. The number of carboxylic acids is 1. The molecule has 0 amide bonds. The maximum absolute atomic E-state index is 10.9. The third-order valence-electron chi connectivity index (χ3n) is 2.06. The van der Waals surface area contributed by atoms with Gasteiger partial charge in [-0.25, -0.2) is 9.78 Å². The second kappa shape index (κ2) is 4.13. The van der Waals surface area contributed by atoms with Crippen LogP contribution in [0.2, 0.25) is 0 Å². The topological polar surface area (TPSA) is 68.3 Å². The third kappa shape index (κ3) is 2.16. The summed E-state index contributed by atoms with van der Waals surface area (Å²) >= 11 is 3.23. The molecule has 0 aliphatic heterocycles. The quantitative estimate of drug-likeness (QED) is 0.939. The van der Waals surface area contributed by atoms with Gasteiger partial charge in [0.15, 0.2) is 0 Å². The number of oxazole rings is 1. The van der Waals surface area contributed by atoms with Gasteiger partial charge in [0.25, 0.3) is 0 Å². The molecule has 0 bridgehead atoms. The molecular weight excluding hydrogens is 276 g/mol. The molecule has 2 aromatic rings.